The van der Waals surface area contributed by atoms with Gasteiger partial charge < -0.3 is 26.5 Å². The summed E-state index contributed by atoms with van der Waals surface area (Å²) >= 11 is 1.38. The van der Waals surface area contributed by atoms with E-state index in [1.54, 1.807) is 18.5 Å². The van der Waals surface area contributed by atoms with Gasteiger partial charge in [0.05, 0.1) is 23.4 Å². The summed E-state index contributed by atoms with van der Waals surface area (Å²) in [7, 11) is 0. The summed E-state index contributed by atoms with van der Waals surface area (Å²) in [6.45, 7) is 0.488. The van der Waals surface area contributed by atoms with Crippen LogP contribution in [0, 0.1) is 5.92 Å². The zero-order chi connectivity index (χ0) is 18.5. The summed E-state index contributed by atoms with van der Waals surface area (Å²) < 4.78 is 0. The number of H-pyrrole nitrogens is 1. The Kier molecular flexibility index (Phi) is 5.89. The highest BCUT2D eigenvalue weighted by Gasteiger charge is 2.33. The monoisotopic (exact) mass is 377 g/mol. The second-order valence-electron chi connectivity index (χ2n) is 6.48. The normalized spacial score (nSPS) is 22.7. The number of rotatable bonds is 6. The number of nitrogens with two attached hydrogens (primary N) is 1. The minimum absolute atomic E-state index is 0.0670. The van der Waals surface area contributed by atoms with E-state index in [2.05, 4.69) is 20.6 Å². The van der Waals surface area contributed by atoms with Crippen molar-refractivity contribution in [1.29, 1.82) is 0 Å². The fraction of sp³-hybridized carbons (Fsp3) is 0.471. The first-order chi connectivity index (χ1) is 12.5. The van der Waals surface area contributed by atoms with E-state index < -0.39 is 6.10 Å². The van der Waals surface area contributed by atoms with Gasteiger partial charge >= 0.3 is 0 Å². The van der Waals surface area contributed by atoms with E-state index in [9.17, 15) is 14.7 Å². The molecule has 2 heterocycles. The minimum atomic E-state index is -0.735. The van der Waals surface area contributed by atoms with Gasteiger partial charge in [0.25, 0.3) is 5.91 Å². The molecule has 9 heteroatoms. The third-order valence-corrected chi connectivity index (χ3v) is 5.34. The molecular formula is C17H23N5O3S. The van der Waals surface area contributed by atoms with Gasteiger partial charge in [0.2, 0.25) is 5.91 Å². The second-order valence-corrected chi connectivity index (χ2v) is 7.36. The summed E-state index contributed by atoms with van der Waals surface area (Å²) in [5.41, 5.74) is 6.97. The molecule has 1 aliphatic rings. The van der Waals surface area contributed by atoms with Crippen LogP contribution in [0.1, 0.15) is 35.3 Å². The molecule has 3 rings (SSSR count). The van der Waals surface area contributed by atoms with Crippen LogP contribution in [0.4, 0.5) is 5.13 Å². The van der Waals surface area contributed by atoms with Crippen LogP contribution in [0.25, 0.3) is 0 Å². The number of nitrogens with zero attached hydrogens (tertiary/aromatic N) is 1. The molecule has 6 N–H and O–H groups in total. The number of carbonyl (C=O) groups excluding carboxylic acids is 2. The maximum Gasteiger partial charge on any atom is 0.253 e. The molecule has 0 aromatic carbocycles. The Labute approximate surface area is 155 Å². The largest absolute Gasteiger partial charge is 0.391 e. The van der Waals surface area contributed by atoms with Crippen molar-refractivity contribution >= 4 is 28.3 Å². The van der Waals surface area contributed by atoms with Gasteiger partial charge in [-0.1, -0.05) is 0 Å². The number of amides is 2. The van der Waals surface area contributed by atoms with Crippen LogP contribution in [0.3, 0.4) is 0 Å². The number of aromatic nitrogens is 2. The first kappa shape index (κ1) is 18.4. The van der Waals surface area contributed by atoms with Crippen LogP contribution in [-0.2, 0) is 11.2 Å². The van der Waals surface area contributed by atoms with Gasteiger partial charge in [-0.25, -0.2) is 4.98 Å². The molecule has 3 atom stereocenters. The van der Waals surface area contributed by atoms with Crippen LogP contribution < -0.4 is 16.4 Å². The second kappa shape index (κ2) is 8.33. The summed E-state index contributed by atoms with van der Waals surface area (Å²) in [6, 6.07) is 1.34. The van der Waals surface area contributed by atoms with Gasteiger partial charge in [0.1, 0.15) is 0 Å². The molecule has 140 valence electrons. The van der Waals surface area contributed by atoms with Crippen LogP contribution in [-0.4, -0.2) is 45.6 Å². The quantitative estimate of drug-likeness (QED) is 0.505. The van der Waals surface area contributed by atoms with Gasteiger partial charge in [-0.2, -0.15) is 0 Å². The van der Waals surface area contributed by atoms with Crippen molar-refractivity contribution in [1.82, 2.24) is 20.6 Å². The number of aromatic amines is 1. The Hall–Kier alpha value is -2.39. The van der Waals surface area contributed by atoms with Gasteiger partial charge in [-0.05, 0) is 25.3 Å². The van der Waals surface area contributed by atoms with E-state index in [0.717, 1.165) is 5.69 Å². The molecule has 0 aliphatic heterocycles. The fourth-order valence-electron chi connectivity index (χ4n) is 3.17. The van der Waals surface area contributed by atoms with E-state index in [0.29, 0.717) is 42.9 Å². The Morgan fingerprint density at radius 3 is 2.92 bits per heavy atom. The smallest absolute Gasteiger partial charge is 0.253 e. The van der Waals surface area contributed by atoms with Crippen molar-refractivity contribution in [3.63, 3.8) is 0 Å². The molecule has 0 radical (unpaired) electrons. The first-order valence-corrected chi connectivity index (χ1v) is 9.50. The van der Waals surface area contributed by atoms with Crippen molar-refractivity contribution in [2.75, 3.05) is 12.3 Å². The van der Waals surface area contributed by atoms with Crippen molar-refractivity contribution in [3.05, 3.63) is 35.1 Å². The van der Waals surface area contributed by atoms with Crippen molar-refractivity contribution in [2.45, 2.75) is 37.8 Å². The molecule has 1 saturated carbocycles. The SMILES string of the molecule is Nc1nc(CCNC(=O)[C@H]2CC[C@H](NC(=O)c3cc[nH]c3)[C@@H](O)C2)cs1. The molecule has 8 nitrogen and oxygen atoms in total. The first-order valence-electron chi connectivity index (χ1n) is 8.62. The van der Waals surface area contributed by atoms with Gasteiger partial charge in [-0.3, -0.25) is 9.59 Å². The summed E-state index contributed by atoms with van der Waals surface area (Å²) in [5.74, 6) is -0.533. The highest BCUT2D eigenvalue weighted by Crippen LogP contribution is 2.25. The molecule has 2 aromatic heterocycles. The summed E-state index contributed by atoms with van der Waals surface area (Å²) in [5, 5.41) is 18.4. The molecule has 2 aromatic rings. The average molecular weight is 377 g/mol. The third kappa shape index (κ3) is 4.61. The van der Waals surface area contributed by atoms with Crippen LogP contribution in [0.2, 0.25) is 0 Å². The molecule has 2 amide bonds. The predicted molar refractivity (Wildman–Crippen MR) is 98.6 cm³/mol. The molecule has 0 bridgehead atoms. The Morgan fingerprint density at radius 1 is 1.42 bits per heavy atom. The molecule has 0 saturated heterocycles. The number of aliphatic hydroxyl groups is 1. The number of hydrogen-bond acceptors (Lipinski definition) is 6. The van der Waals surface area contributed by atoms with Crippen molar-refractivity contribution < 1.29 is 14.7 Å². The number of carbonyl (C=O) groups is 2. The molecular weight excluding hydrogens is 354 g/mol. The fourth-order valence-corrected chi connectivity index (χ4v) is 3.76. The highest BCUT2D eigenvalue weighted by molar-refractivity contribution is 7.13. The third-order valence-electron chi connectivity index (χ3n) is 4.61. The molecule has 1 aliphatic carbocycles. The van der Waals surface area contributed by atoms with Crippen LogP contribution in [0.5, 0.6) is 0 Å². The lowest BCUT2D eigenvalue weighted by molar-refractivity contribution is -0.127. The van der Waals surface area contributed by atoms with Gasteiger partial charge in [0, 0.05) is 36.7 Å². The van der Waals surface area contributed by atoms with E-state index >= 15 is 0 Å². The molecule has 0 spiro atoms. The topological polar surface area (TPSA) is 133 Å². The maximum atomic E-state index is 12.3. The highest BCUT2D eigenvalue weighted by atomic mass is 32.1. The lowest BCUT2D eigenvalue weighted by Crippen LogP contribution is -2.49. The zero-order valence-electron chi connectivity index (χ0n) is 14.3. The van der Waals surface area contributed by atoms with Gasteiger partial charge in [-0.15, -0.1) is 11.3 Å². The van der Waals surface area contributed by atoms with Gasteiger partial charge in [0.15, 0.2) is 5.13 Å². The molecule has 0 unspecified atom stereocenters. The molecule has 26 heavy (non-hydrogen) atoms. The standard InChI is InChI=1S/C17H23N5O3S/c18-17-21-12(9-26-17)4-6-20-15(24)10-1-2-13(14(23)7-10)22-16(25)11-3-5-19-8-11/h3,5,8-10,13-14,19,23H,1-2,4,6-7H2,(H2,18,21)(H,20,24)(H,22,25)/t10-,13-,14-/m0/s1. The van der Waals surface area contributed by atoms with E-state index in [1.807, 2.05) is 5.38 Å². The lowest BCUT2D eigenvalue weighted by atomic mass is 9.83. The van der Waals surface area contributed by atoms with Crippen LogP contribution >= 0.6 is 11.3 Å². The van der Waals surface area contributed by atoms with Crippen molar-refractivity contribution in [2.24, 2.45) is 5.92 Å². The number of hydrogen-bond donors (Lipinski definition) is 5. The van der Waals surface area contributed by atoms with E-state index in [4.69, 9.17) is 5.73 Å². The number of nitrogen functional groups attached to an aromatic ring is 1. The zero-order valence-corrected chi connectivity index (χ0v) is 15.1. The van der Waals surface area contributed by atoms with E-state index in [1.165, 1.54) is 11.3 Å². The van der Waals surface area contributed by atoms with E-state index in [-0.39, 0.29) is 23.8 Å². The molecule has 1 fully saturated rings. The minimum Gasteiger partial charge on any atom is -0.391 e. The predicted octanol–water partition coefficient (Wildman–Crippen LogP) is 0.672. The Bertz CT molecular complexity index is 745. The van der Waals surface area contributed by atoms with Crippen LogP contribution in [0.15, 0.2) is 23.8 Å². The number of aliphatic hydroxyl groups excluding tert-OH is 1. The Morgan fingerprint density at radius 2 is 2.27 bits per heavy atom. The number of nitrogens with one attached hydrogen (secondary N) is 3. The lowest BCUT2D eigenvalue weighted by Gasteiger charge is -2.32. The average Bonchev–Trinajstić information content (AvgIpc) is 3.28. The van der Waals surface area contributed by atoms with Crippen molar-refractivity contribution in [3.8, 4) is 0 Å². The number of anilines is 1. The summed E-state index contributed by atoms with van der Waals surface area (Å²) in [4.78, 5) is 31.4. The number of thiazole rings is 1. The maximum absolute atomic E-state index is 12.3. The summed E-state index contributed by atoms with van der Waals surface area (Å²) in [6.07, 6.45) is 4.71. The Balaban J connectivity index is 1.42.